The van der Waals surface area contributed by atoms with E-state index in [4.69, 9.17) is 5.11 Å². The number of hydrogen-bond acceptors (Lipinski definition) is 3. The highest BCUT2D eigenvalue weighted by molar-refractivity contribution is 5.72. The summed E-state index contributed by atoms with van der Waals surface area (Å²) in [5.41, 5.74) is 3.59. The van der Waals surface area contributed by atoms with Crippen molar-refractivity contribution in [3.63, 3.8) is 0 Å². The van der Waals surface area contributed by atoms with Crippen molar-refractivity contribution in [3.8, 4) is 0 Å². The van der Waals surface area contributed by atoms with E-state index >= 15 is 0 Å². The molecule has 5 heteroatoms. The quantitative estimate of drug-likeness (QED) is 0.690. The van der Waals surface area contributed by atoms with Gasteiger partial charge < -0.3 is 15.7 Å². The Morgan fingerprint density at radius 3 is 2.48 bits per heavy atom. The van der Waals surface area contributed by atoms with Crippen molar-refractivity contribution in [2.45, 2.75) is 39.5 Å². The molecule has 134 valence electrons. The molecule has 2 aromatic carbocycles. The monoisotopic (exact) mass is 344 g/mol. The largest absolute Gasteiger partial charge is 0.392 e. The fourth-order valence-electron chi connectivity index (χ4n) is 2.60. The number of aliphatic hydroxyl groups excluding tert-OH is 1. The summed E-state index contributed by atoms with van der Waals surface area (Å²) in [5.74, 6) is -0.395. The van der Waals surface area contributed by atoms with Crippen LogP contribution in [0.25, 0.3) is 0 Å². The van der Waals surface area contributed by atoms with Gasteiger partial charge in [-0.25, -0.2) is 4.39 Å². The highest BCUT2D eigenvalue weighted by Gasteiger charge is 2.07. The summed E-state index contributed by atoms with van der Waals surface area (Å²) >= 11 is 0. The van der Waals surface area contributed by atoms with Gasteiger partial charge in [-0.05, 0) is 42.2 Å². The minimum atomic E-state index is -0.380. The molecule has 1 unspecified atom stereocenters. The number of rotatable bonds is 8. The van der Waals surface area contributed by atoms with Crippen LogP contribution in [0, 0.1) is 5.82 Å². The SMILES string of the molecule is CC(=O)NCCc1ccc(C(C)NCc2ccc(F)c(CO)c2)cc1. The lowest BCUT2D eigenvalue weighted by Gasteiger charge is -2.15. The number of aliphatic hydroxyl groups is 1. The summed E-state index contributed by atoms with van der Waals surface area (Å²) in [5, 5.41) is 15.3. The van der Waals surface area contributed by atoms with Gasteiger partial charge in [0.25, 0.3) is 0 Å². The van der Waals surface area contributed by atoms with Crippen molar-refractivity contribution in [2.75, 3.05) is 6.54 Å². The number of hydrogen-bond donors (Lipinski definition) is 3. The molecular formula is C20H25FN2O2. The van der Waals surface area contributed by atoms with Crippen molar-refractivity contribution >= 4 is 5.91 Å². The summed E-state index contributed by atoms with van der Waals surface area (Å²) in [6.45, 7) is 4.53. The maximum absolute atomic E-state index is 13.4. The van der Waals surface area contributed by atoms with Gasteiger partial charge in [0, 0.05) is 31.6 Å². The van der Waals surface area contributed by atoms with Gasteiger partial charge in [0.05, 0.1) is 6.61 Å². The summed E-state index contributed by atoms with van der Waals surface area (Å²) in [6, 6.07) is 13.2. The van der Waals surface area contributed by atoms with Crippen LogP contribution in [0.1, 0.15) is 42.1 Å². The van der Waals surface area contributed by atoms with E-state index < -0.39 is 0 Å². The standard InChI is InChI=1S/C20H25FN2O2/c1-14(23-12-17-5-8-20(21)19(11-17)13-24)18-6-3-16(4-7-18)9-10-22-15(2)25/h3-8,11,14,23-24H,9-10,12-13H2,1-2H3,(H,22,25). The van der Waals surface area contributed by atoms with Crippen LogP contribution in [-0.4, -0.2) is 17.6 Å². The number of benzene rings is 2. The minimum absolute atomic E-state index is 0.0143. The van der Waals surface area contributed by atoms with Crippen LogP contribution in [-0.2, 0) is 24.4 Å². The zero-order valence-corrected chi connectivity index (χ0v) is 14.7. The highest BCUT2D eigenvalue weighted by Crippen LogP contribution is 2.16. The molecule has 2 aromatic rings. The first-order valence-corrected chi connectivity index (χ1v) is 8.44. The molecule has 4 nitrogen and oxygen atoms in total. The summed E-state index contributed by atoms with van der Waals surface area (Å²) in [7, 11) is 0. The molecule has 0 heterocycles. The first kappa shape index (κ1) is 19.1. The Morgan fingerprint density at radius 2 is 1.84 bits per heavy atom. The molecule has 3 N–H and O–H groups in total. The van der Waals surface area contributed by atoms with E-state index in [1.165, 1.54) is 18.6 Å². The number of carbonyl (C=O) groups excluding carboxylic acids is 1. The number of carbonyl (C=O) groups is 1. The third-order valence-electron chi connectivity index (χ3n) is 4.16. The first-order chi connectivity index (χ1) is 12.0. The smallest absolute Gasteiger partial charge is 0.216 e. The fourth-order valence-corrected chi connectivity index (χ4v) is 2.60. The highest BCUT2D eigenvalue weighted by atomic mass is 19.1. The van der Waals surface area contributed by atoms with E-state index in [2.05, 4.69) is 41.8 Å². The van der Waals surface area contributed by atoms with E-state index in [1.807, 2.05) is 0 Å². The molecule has 25 heavy (non-hydrogen) atoms. The van der Waals surface area contributed by atoms with E-state index in [9.17, 15) is 9.18 Å². The maximum atomic E-state index is 13.4. The molecule has 0 radical (unpaired) electrons. The van der Waals surface area contributed by atoms with Crippen LogP contribution in [0.15, 0.2) is 42.5 Å². The third-order valence-corrected chi connectivity index (χ3v) is 4.16. The normalized spacial score (nSPS) is 12.0. The second-order valence-corrected chi connectivity index (χ2v) is 6.16. The van der Waals surface area contributed by atoms with Crippen LogP contribution in [0.4, 0.5) is 4.39 Å². The van der Waals surface area contributed by atoms with Gasteiger partial charge >= 0.3 is 0 Å². The second-order valence-electron chi connectivity index (χ2n) is 6.16. The topological polar surface area (TPSA) is 61.4 Å². The lowest BCUT2D eigenvalue weighted by molar-refractivity contribution is -0.118. The summed E-state index contributed by atoms with van der Waals surface area (Å²) in [6.07, 6.45) is 0.807. The van der Waals surface area contributed by atoms with E-state index in [0.29, 0.717) is 18.7 Å². The van der Waals surface area contributed by atoms with Crippen LogP contribution in [0.5, 0.6) is 0 Å². The predicted molar refractivity (Wildman–Crippen MR) is 96.4 cm³/mol. The Kier molecular flexibility index (Phi) is 7.10. The van der Waals surface area contributed by atoms with E-state index in [0.717, 1.165) is 17.5 Å². The van der Waals surface area contributed by atoms with Crippen molar-refractivity contribution in [1.82, 2.24) is 10.6 Å². The molecule has 0 aromatic heterocycles. The third kappa shape index (κ3) is 5.96. The van der Waals surface area contributed by atoms with Crippen LogP contribution < -0.4 is 10.6 Å². The second kappa shape index (κ2) is 9.30. The number of amides is 1. The van der Waals surface area contributed by atoms with E-state index in [1.54, 1.807) is 12.1 Å². The Labute approximate surface area is 148 Å². The first-order valence-electron chi connectivity index (χ1n) is 8.44. The van der Waals surface area contributed by atoms with Gasteiger partial charge in [-0.1, -0.05) is 30.3 Å². The Bertz CT molecular complexity index is 701. The number of halogens is 1. The van der Waals surface area contributed by atoms with E-state index in [-0.39, 0.29) is 24.4 Å². The van der Waals surface area contributed by atoms with Gasteiger partial charge in [-0.2, -0.15) is 0 Å². The molecule has 1 amide bonds. The minimum Gasteiger partial charge on any atom is -0.392 e. The van der Waals surface area contributed by atoms with Crippen molar-refractivity contribution < 1.29 is 14.3 Å². The molecule has 0 aliphatic rings. The van der Waals surface area contributed by atoms with Crippen molar-refractivity contribution in [2.24, 2.45) is 0 Å². The Hall–Kier alpha value is -2.24. The lowest BCUT2D eigenvalue weighted by Crippen LogP contribution is -2.22. The molecule has 0 saturated heterocycles. The molecule has 0 saturated carbocycles. The maximum Gasteiger partial charge on any atom is 0.216 e. The average molecular weight is 344 g/mol. The molecule has 1 atom stereocenters. The molecule has 0 spiro atoms. The van der Waals surface area contributed by atoms with Crippen LogP contribution >= 0.6 is 0 Å². The van der Waals surface area contributed by atoms with Crippen LogP contribution in [0.3, 0.4) is 0 Å². The number of nitrogens with one attached hydrogen (secondary N) is 2. The Balaban J connectivity index is 1.88. The molecule has 2 rings (SSSR count). The molecule has 0 fully saturated rings. The van der Waals surface area contributed by atoms with Gasteiger partial charge in [-0.3, -0.25) is 4.79 Å². The molecular weight excluding hydrogens is 319 g/mol. The zero-order valence-electron chi connectivity index (χ0n) is 14.7. The van der Waals surface area contributed by atoms with Gasteiger partial charge in [0.15, 0.2) is 0 Å². The van der Waals surface area contributed by atoms with Crippen molar-refractivity contribution in [1.29, 1.82) is 0 Å². The van der Waals surface area contributed by atoms with Gasteiger partial charge in [0.1, 0.15) is 5.82 Å². The zero-order chi connectivity index (χ0) is 18.2. The average Bonchev–Trinajstić information content (AvgIpc) is 2.61. The van der Waals surface area contributed by atoms with Gasteiger partial charge in [-0.15, -0.1) is 0 Å². The van der Waals surface area contributed by atoms with Crippen LogP contribution in [0.2, 0.25) is 0 Å². The van der Waals surface area contributed by atoms with Gasteiger partial charge in [0.2, 0.25) is 5.91 Å². The lowest BCUT2D eigenvalue weighted by atomic mass is 10.0. The molecule has 0 aliphatic carbocycles. The molecule has 0 bridgehead atoms. The summed E-state index contributed by atoms with van der Waals surface area (Å²) < 4.78 is 13.4. The summed E-state index contributed by atoms with van der Waals surface area (Å²) in [4.78, 5) is 10.9. The predicted octanol–water partition coefficient (Wildman–Crippen LogP) is 2.85. The Morgan fingerprint density at radius 1 is 1.16 bits per heavy atom. The fraction of sp³-hybridized carbons (Fsp3) is 0.350. The van der Waals surface area contributed by atoms with Crippen molar-refractivity contribution in [3.05, 3.63) is 70.5 Å². The molecule has 0 aliphatic heterocycles.